The van der Waals surface area contributed by atoms with Crippen LogP contribution >= 0.6 is 0 Å². The molecule has 6 heteroatoms. The number of amides is 2. The highest BCUT2D eigenvalue weighted by molar-refractivity contribution is 5.92. The van der Waals surface area contributed by atoms with Crippen LogP contribution in [-0.4, -0.2) is 52.8 Å². The molecule has 1 saturated heterocycles. The van der Waals surface area contributed by atoms with Crippen molar-refractivity contribution in [3.05, 3.63) is 18.4 Å². The Balaban J connectivity index is 1.94. The van der Waals surface area contributed by atoms with Gasteiger partial charge in [-0.1, -0.05) is 0 Å². The van der Waals surface area contributed by atoms with Gasteiger partial charge in [-0.05, 0) is 0 Å². The minimum absolute atomic E-state index is 0.0496. The van der Waals surface area contributed by atoms with Crippen molar-refractivity contribution in [1.29, 1.82) is 0 Å². The summed E-state index contributed by atoms with van der Waals surface area (Å²) in [5.41, 5.74) is 0.316. The molecule has 16 heavy (non-hydrogen) atoms. The molecule has 6 nitrogen and oxygen atoms in total. The molecule has 0 radical (unpaired) electrons. The summed E-state index contributed by atoms with van der Waals surface area (Å²) >= 11 is 0. The van der Waals surface area contributed by atoms with Crippen LogP contribution < -0.4 is 0 Å². The lowest BCUT2D eigenvalue weighted by molar-refractivity contribution is -0.130. The standard InChI is InChI=1S/C10H13N3O3/c1-8(14)12-2-4-13(5-3-12)10(15)9-6-16-7-11-9/h6-7H,2-5H2,1H3. The van der Waals surface area contributed by atoms with E-state index in [9.17, 15) is 9.59 Å². The normalized spacial score (nSPS) is 16.3. The second-order valence-corrected chi connectivity index (χ2v) is 3.67. The maximum absolute atomic E-state index is 11.8. The number of hydrogen-bond acceptors (Lipinski definition) is 4. The zero-order chi connectivity index (χ0) is 11.5. The van der Waals surface area contributed by atoms with Gasteiger partial charge in [0.25, 0.3) is 5.91 Å². The molecule has 1 aromatic rings. The van der Waals surface area contributed by atoms with Gasteiger partial charge in [-0.2, -0.15) is 0 Å². The van der Waals surface area contributed by atoms with Crippen LogP contribution in [0.15, 0.2) is 17.1 Å². The fourth-order valence-corrected chi connectivity index (χ4v) is 1.70. The summed E-state index contributed by atoms with van der Waals surface area (Å²) in [6, 6.07) is 0. The van der Waals surface area contributed by atoms with E-state index in [-0.39, 0.29) is 11.8 Å². The Morgan fingerprint density at radius 2 is 1.88 bits per heavy atom. The Hall–Kier alpha value is -1.85. The minimum Gasteiger partial charge on any atom is -0.451 e. The number of hydrogen-bond donors (Lipinski definition) is 0. The van der Waals surface area contributed by atoms with Crippen molar-refractivity contribution in [3.8, 4) is 0 Å². The molecule has 0 atom stereocenters. The lowest BCUT2D eigenvalue weighted by atomic mass is 10.3. The zero-order valence-electron chi connectivity index (χ0n) is 9.05. The largest absolute Gasteiger partial charge is 0.451 e. The van der Waals surface area contributed by atoms with Crippen LogP contribution in [-0.2, 0) is 4.79 Å². The molecule has 0 aromatic carbocycles. The molecular formula is C10H13N3O3. The maximum atomic E-state index is 11.8. The molecule has 2 amide bonds. The van der Waals surface area contributed by atoms with E-state index >= 15 is 0 Å². The first-order valence-corrected chi connectivity index (χ1v) is 5.11. The predicted molar refractivity (Wildman–Crippen MR) is 54.7 cm³/mol. The molecule has 1 fully saturated rings. The van der Waals surface area contributed by atoms with Gasteiger partial charge in [0.05, 0.1) is 0 Å². The summed E-state index contributed by atoms with van der Waals surface area (Å²) in [5, 5.41) is 0. The second kappa shape index (κ2) is 4.34. The van der Waals surface area contributed by atoms with Gasteiger partial charge in [-0.3, -0.25) is 9.59 Å². The highest BCUT2D eigenvalue weighted by Gasteiger charge is 2.24. The molecule has 86 valence electrons. The lowest BCUT2D eigenvalue weighted by Gasteiger charge is -2.33. The quantitative estimate of drug-likeness (QED) is 0.671. The first kappa shape index (κ1) is 10.7. The van der Waals surface area contributed by atoms with Crippen LogP contribution in [0.5, 0.6) is 0 Å². The number of rotatable bonds is 1. The molecule has 0 unspecified atom stereocenters. The third-order valence-corrected chi connectivity index (χ3v) is 2.66. The van der Waals surface area contributed by atoms with E-state index < -0.39 is 0 Å². The van der Waals surface area contributed by atoms with Crippen LogP contribution in [0.25, 0.3) is 0 Å². The Morgan fingerprint density at radius 3 is 2.38 bits per heavy atom. The zero-order valence-corrected chi connectivity index (χ0v) is 9.05. The predicted octanol–water partition coefficient (Wildman–Crippen LogP) is -0.0211. The summed E-state index contributed by atoms with van der Waals surface area (Å²) in [6.45, 7) is 3.80. The summed E-state index contributed by atoms with van der Waals surface area (Å²) in [4.78, 5) is 30.2. The van der Waals surface area contributed by atoms with E-state index in [1.165, 1.54) is 19.6 Å². The average Bonchev–Trinajstić information content (AvgIpc) is 2.81. The van der Waals surface area contributed by atoms with Crippen molar-refractivity contribution >= 4 is 11.8 Å². The van der Waals surface area contributed by atoms with Gasteiger partial charge in [0.1, 0.15) is 6.26 Å². The molecule has 0 bridgehead atoms. The fraction of sp³-hybridized carbons (Fsp3) is 0.500. The minimum atomic E-state index is -0.142. The monoisotopic (exact) mass is 223 g/mol. The molecule has 0 spiro atoms. The highest BCUT2D eigenvalue weighted by atomic mass is 16.3. The number of carbonyl (C=O) groups excluding carboxylic acids is 2. The Morgan fingerprint density at radius 1 is 1.25 bits per heavy atom. The molecule has 0 aliphatic carbocycles. The van der Waals surface area contributed by atoms with Crippen LogP contribution in [0, 0.1) is 0 Å². The smallest absolute Gasteiger partial charge is 0.275 e. The van der Waals surface area contributed by atoms with Crippen molar-refractivity contribution in [3.63, 3.8) is 0 Å². The van der Waals surface area contributed by atoms with Crippen molar-refractivity contribution in [2.24, 2.45) is 0 Å². The van der Waals surface area contributed by atoms with Crippen molar-refractivity contribution in [1.82, 2.24) is 14.8 Å². The molecule has 1 aliphatic heterocycles. The van der Waals surface area contributed by atoms with Crippen LogP contribution in [0.4, 0.5) is 0 Å². The van der Waals surface area contributed by atoms with Crippen LogP contribution in [0.2, 0.25) is 0 Å². The summed E-state index contributed by atoms with van der Waals surface area (Å²) in [5.74, 6) is -0.0921. The maximum Gasteiger partial charge on any atom is 0.275 e. The topological polar surface area (TPSA) is 66.7 Å². The highest BCUT2D eigenvalue weighted by Crippen LogP contribution is 2.07. The number of nitrogens with zero attached hydrogens (tertiary/aromatic N) is 3. The van der Waals surface area contributed by atoms with E-state index in [1.54, 1.807) is 9.80 Å². The van der Waals surface area contributed by atoms with E-state index in [2.05, 4.69) is 4.98 Å². The Kier molecular flexibility index (Phi) is 2.89. The van der Waals surface area contributed by atoms with Crippen molar-refractivity contribution in [2.75, 3.05) is 26.2 Å². The summed E-state index contributed by atoms with van der Waals surface area (Å²) < 4.78 is 4.76. The molecule has 2 rings (SSSR count). The number of oxazole rings is 1. The molecule has 2 heterocycles. The van der Waals surface area contributed by atoms with Crippen molar-refractivity contribution < 1.29 is 14.0 Å². The summed E-state index contributed by atoms with van der Waals surface area (Å²) in [7, 11) is 0. The third-order valence-electron chi connectivity index (χ3n) is 2.66. The number of carbonyl (C=O) groups is 2. The average molecular weight is 223 g/mol. The molecular weight excluding hydrogens is 210 g/mol. The van der Waals surface area contributed by atoms with E-state index in [0.29, 0.717) is 31.9 Å². The first-order chi connectivity index (χ1) is 7.68. The Labute approximate surface area is 92.8 Å². The first-order valence-electron chi connectivity index (χ1n) is 5.11. The number of piperazine rings is 1. The van der Waals surface area contributed by atoms with Gasteiger partial charge in [0.15, 0.2) is 12.1 Å². The Bertz CT molecular complexity index is 380. The molecule has 1 aliphatic rings. The van der Waals surface area contributed by atoms with Gasteiger partial charge in [0, 0.05) is 33.1 Å². The van der Waals surface area contributed by atoms with Gasteiger partial charge in [-0.15, -0.1) is 0 Å². The third kappa shape index (κ3) is 2.05. The van der Waals surface area contributed by atoms with Gasteiger partial charge in [0.2, 0.25) is 5.91 Å². The lowest BCUT2D eigenvalue weighted by Crippen LogP contribution is -2.50. The van der Waals surface area contributed by atoms with Crippen LogP contribution in [0.1, 0.15) is 17.4 Å². The second-order valence-electron chi connectivity index (χ2n) is 3.67. The van der Waals surface area contributed by atoms with Gasteiger partial charge in [-0.25, -0.2) is 4.98 Å². The van der Waals surface area contributed by atoms with E-state index in [0.717, 1.165) is 0 Å². The van der Waals surface area contributed by atoms with Gasteiger partial charge >= 0.3 is 0 Å². The SMILES string of the molecule is CC(=O)N1CCN(C(=O)c2cocn2)CC1. The molecule has 1 aromatic heterocycles. The fourth-order valence-electron chi connectivity index (χ4n) is 1.70. The summed E-state index contributed by atoms with van der Waals surface area (Å²) in [6.07, 6.45) is 2.57. The van der Waals surface area contributed by atoms with Crippen LogP contribution in [0.3, 0.4) is 0 Å². The number of aromatic nitrogens is 1. The molecule has 0 N–H and O–H groups in total. The van der Waals surface area contributed by atoms with Gasteiger partial charge < -0.3 is 14.2 Å². The van der Waals surface area contributed by atoms with E-state index in [1.807, 2.05) is 0 Å². The molecule has 0 saturated carbocycles. The van der Waals surface area contributed by atoms with E-state index in [4.69, 9.17) is 4.42 Å². The van der Waals surface area contributed by atoms with Crippen molar-refractivity contribution in [2.45, 2.75) is 6.92 Å².